The summed E-state index contributed by atoms with van der Waals surface area (Å²) in [4.78, 5) is 24.5. The van der Waals surface area contributed by atoms with Crippen LogP contribution in [-0.2, 0) is 4.79 Å². The van der Waals surface area contributed by atoms with E-state index in [0.29, 0.717) is 0 Å². The highest BCUT2D eigenvalue weighted by molar-refractivity contribution is 5.83. The number of carboxylic acid groups (broad SMARTS) is 1. The fourth-order valence-electron chi connectivity index (χ4n) is 1.17. The van der Waals surface area contributed by atoms with Gasteiger partial charge in [0.2, 0.25) is 0 Å². The molecule has 2 amide bonds. The molecule has 5 nitrogen and oxygen atoms in total. The van der Waals surface area contributed by atoms with Crippen molar-refractivity contribution in [2.45, 2.75) is 53.1 Å². The van der Waals surface area contributed by atoms with E-state index in [0.717, 1.165) is 0 Å². The Kier molecular flexibility index (Phi) is 4.57. The van der Waals surface area contributed by atoms with Crippen molar-refractivity contribution < 1.29 is 14.7 Å². The average Bonchev–Trinajstić information content (AvgIpc) is 2.08. The van der Waals surface area contributed by atoms with Crippen molar-refractivity contribution >= 4 is 12.0 Å². The molecule has 0 saturated heterocycles. The van der Waals surface area contributed by atoms with Crippen LogP contribution in [0.15, 0.2) is 0 Å². The zero-order valence-electron chi connectivity index (χ0n) is 11.8. The summed E-state index contributed by atoms with van der Waals surface area (Å²) in [5.74, 6) is -1.02. The lowest BCUT2D eigenvalue weighted by molar-refractivity contribution is -0.142. The van der Waals surface area contributed by atoms with Gasteiger partial charge >= 0.3 is 12.0 Å². The second-order valence-electron chi connectivity index (χ2n) is 6.32. The smallest absolute Gasteiger partial charge is 0.326 e. The summed E-state index contributed by atoms with van der Waals surface area (Å²) >= 11 is 0. The molecule has 0 aromatic rings. The Hall–Kier alpha value is -1.26. The largest absolute Gasteiger partial charge is 0.480 e. The Bertz CT molecular complexity index is 300. The number of carboxylic acids is 1. The van der Waals surface area contributed by atoms with Crippen LogP contribution in [0.2, 0.25) is 0 Å². The van der Waals surface area contributed by atoms with Crippen LogP contribution >= 0.6 is 0 Å². The molecule has 5 heteroatoms. The molecule has 0 unspecified atom stereocenters. The molecule has 100 valence electrons. The first-order valence-electron chi connectivity index (χ1n) is 5.64. The van der Waals surface area contributed by atoms with Gasteiger partial charge < -0.3 is 15.3 Å². The molecule has 0 aromatic carbocycles. The van der Waals surface area contributed by atoms with Gasteiger partial charge in [0.25, 0.3) is 0 Å². The minimum absolute atomic E-state index is 0.342. The molecule has 0 aliphatic heterocycles. The summed E-state index contributed by atoms with van der Waals surface area (Å²) in [6.07, 6.45) is 0. The number of amides is 2. The molecule has 0 bridgehead atoms. The van der Waals surface area contributed by atoms with E-state index < -0.39 is 17.4 Å². The van der Waals surface area contributed by atoms with Gasteiger partial charge in [-0.2, -0.15) is 0 Å². The molecule has 1 atom stereocenters. The topological polar surface area (TPSA) is 69.6 Å². The van der Waals surface area contributed by atoms with E-state index in [1.54, 1.807) is 27.8 Å². The number of rotatable bonds is 2. The minimum Gasteiger partial charge on any atom is -0.480 e. The van der Waals surface area contributed by atoms with Gasteiger partial charge in [0.05, 0.1) is 0 Å². The van der Waals surface area contributed by atoms with Crippen molar-refractivity contribution in [1.29, 1.82) is 0 Å². The van der Waals surface area contributed by atoms with E-state index in [9.17, 15) is 9.59 Å². The van der Waals surface area contributed by atoms with Gasteiger partial charge in [-0.25, -0.2) is 9.59 Å². The summed E-state index contributed by atoms with van der Waals surface area (Å²) in [6, 6.07) is -1.28. The highest BCUT2D eigenvalue weighted by Gasteiger charge is 2.34. The third-order valence-electron chi connectivity index (χ3n) is 2.69. The van der Waals surface area contributed by atoms with Crippen LogP contribution in [0.5, 0.6) is 0 Å². The van der Waals surface area contributed by atoms with Crippen molar-refractivity contribution in [1.82, 2.24) is 10.2 Å². The Labute approximate surface area is 103 Å². The molecule has 0 spiro atoms. The van der Waals surface area contributed by atoms with Crippen molar-refractivity contribution in [3.8, 4) is 0 Å². The zero-order valence-corrected chi connectivity index (χ0v) is 11.8. The van der Waals surface area contributed by atoms with Crippen molar-refractivity contribution in [3.63, 3.8) is 0 Å². The maximum absolute atomic E-state index is 11.9. The Balaban J connectivity index is 4.82. The van der Waals surface area contributed by atoms with Crippen molar-refractivity contribution in [2.75, 3.05) is 7.05 Å². The van der Waals surface area contributed by atoms with Crippen LogP contribution in [0, 0.1) is 5.41 Å². The first-order chi connectivity index (χ1) is 7.37. The van der Waals surface area contributed by atoms with Gasteiger partial charge in [0.15, 0.2) is 0 Å². The van der Waals surface area contributed by atoms with Crippen molar-refractivity contribution in [2.24, 2.45) is 5.41 Å². The minimum atomic E-state index is -1.02. The molecule has 0 aromatic heterocycles. The van der Waals surface area contributed by atoms with E-state index in [-0.39, 0.29) is 11.6 Å². The van der Waals surface area contributed by atoms with E-state index in [4.69, 9.17) is 5.11 Å². The van der Waals surface area contributed by atoms with Gasteiger partial charge in [-0.05, 0) is 26.2 Å². The highest BCUT2D eigenvalue weighted by Crippen LogP contribution is 2.20. The summed E-state index contributed by atoms with van der Waals surface area (Å²) in [5.41, 5.74) is -0.870. The molecule has 17 heavy (non-hydrogen) atoms. The van der Waals surface area contributed by atoms with Crippen molar-refractivity contribution in [3.05, 3.63) is 0 Å². The molecule has 0 heterocycles. The lowest BCUT2D eigenvalue weighted by Gasteiger charge is -2.35. The number of hydrogen-bond acceptors (Lipinski definition) is 2. The number of urea groups is 1. The maximum Gasteiger partial charge on any atom is 0.326 e. The van der Waals surface area contributed by atoms with Crippen LogP contribution in [0.4, 0.5) is 4.79 Å². The second-order valence-corrected chi connectivity index (χ2v) is 6.32. The van der Waals surface area contributed by atoms with Gasteiger partial charge in [0, 0.05) is 12.6 Å². The van der Waals surface area contributed by atoms with Crippen LogP contribution in [-0.4, -0.2) is 40.6 Å². The van der Waals surface area contributed by atoms with E-state index in [1.165, 1.54) is 4.90 Å². The molecule has 0 radical (unpaired) electrons. The number of nitrogens with zero attached hydrogens (tertiary/aromatic N) is 1. The SMILES string of the molecule is CN(C(=O)N[C@H](C(=O)O)C(C)(C)C)C(C)(C)C. The number of hydrogen-bond donors (Lipinski definition) is 2. The van der Waals surface area contributed by atoms with E-state index in [2.05, 4.69) is 5.32 Å². The average molecular weight is 244 g/mol. The highest BCUT2D eigenvalue weighted by atomic mass is 16.4. The Morgan fingerprint density at radius 2 is 1.53 bits per heavy atom. The zero-order chi connectivity index (χ0) is 14.0. The number of carbonyl (C=O) groups excluding carboxylic acids is 1. The van der Waals surface area contributed by atoms with Gasteiger partial charge in [-0.1, -0.05) is 20.8 Å². The number of carbonyl (C=O) groups is 2. The number of nitrogens with one attached hydrogen (secondary N) is 1. The quantitative estimate of drug-likeness (QED) is 0.779. The third kappa shape index (κ3) is 4.63. The first kappa shape index (κ1) is 15.7. The number of aliphatic carboxylic acids is 1. The maximum atomic E-state index is 11.9. The van der Waals surface area contributed by atoms with Gasteiger partial charge in [-0.15, -0.1) is 0 Å². The molecule has 0 rings (SSSR count). The molecule has 2 N–H and O–H groups in total. The third-order valence-corrected chi connectivity index (χ3v) is 2.69. The summed E-state index contributed by atoms with van der Waals surface area (Å²) < 4.78 is 0. The molecule has 0 aliphatic carbocycles. The van der Waals surface area contributed by atoms with E-state index >= 15 is 0 Å². The Morgan fingerprint density at radius 3 is 1.76 bits per heavy atom. The monoisotopic (exact) mass is 244 g/mol. The molecular formula is C12H24N2O3. The predicted octanol–water partition coefficient (Wildman–Crippen LogP) is 1.93. The molecule has 0 aliphatic rings. The fourth-order valence-corrected chi connectivity index (χ4v) is 1.17. The Morgan fingerprint density at radius 1 is 1.12 bits per heavy atom. The van der Waals surface area contributed by atoms with E-state index in [1.807, 2.05) is 20.8 Å². The molecule has 0 fully saturated rings. The summed E-state index contributed by atoms with van der Waals surface area (Å²) in [6.45, 7) is 11.0. The molecule has 0 saturated carbocycles. The predicted molar refractivity (Wildman–Crippen MR) is 66.9 cm³/mol. The standard InChI is InChI=1S/C12H24N2O3/c1-11(2,3)8(9(15)16)13-10(17)14(7)12(4,5)6/h8H,1-7H3,(H,13,17)(H,15,16)/t8-/m1/s1. The lowest BCUT2D eigenvalue weighted by atomic mass is 9.87. The second kappa shape index (κ2) is 4.94. The lowest BCUT2D eigenvalue weighted by Crippen LogP contribution is -2.56. The summed E-state index contributed by atoms with van der Waals surface area (Å²) in [5, 5.41) is 11.7. The van der Waals surface area contributed by atoms with Crippen LogP contribution in [0.1, 0.15) is 41.5 Å². The van der Waals surface area contributed by atoms with Gasteiger partial charge in [-0.3, -0.25) is 0 Å². The van der Waals surface area contributed by atoms with Crippen LogP contribution < -0.4 is 5.32 Å². The van der Waals surface area contributed by atoms with Gasteiger partial charge in [0.1, 0.15) is 6.04 Å². The first-order valence-corrected chi connectivity index (χ1v) is 5.64. The summed E-state index contributed by atoms with van der Waals surface area (Å²) in [7, 11) is 1.65. The fraction of sp³-hybridized carbons (Fsp3) is 0.833. The molecular weight excluding hydrogens is 220 g/mol. The normalized spacial score (nSPS) is 14.1. The van der Waals surface area contributed by atoms with Crippen LogP contribution in [0.3, 0.4) is 0 Å². The van der Waals surface area contributed by atoms with Crippen LogP contribution in [0.25, 0.3) is 0 Å².